The number of aromatic nitrogens is 2. The second-order valence-corrected chi connectivity index (χ2v) is 7.15. The Balaban J connectivity index is 0.00000289. The van der Waals surface area contributed by atoms with Crippen LogP contribution >= 0.6 is 12.4 Å². The fourth-order valence-electron chi connectivity index (χ4n) is 3.44. The maximum absolute atomic E-state index is 13.6. The molecule has 0 bridgehead atoms. The first-order valence-electron chi connectivity index (χ1n) is 10.1. The van der Waals surface area contributed by atoms with Crippen LogP contribution in [0, 0.1) is 11.6 Å². The number of ether oxygens (including phenoxy) is 3. The Morgan fingerprint density at radius 2 is 1.88 bits per heavy atom. The molecule has 0 unspecified atom stereocenters. The van der Waals surface area contributed by atoms with Gasteiger partial charge in [0.2, 0.25) is 0 Å². The van der Waals surface area contributed by atoms with E-state index in [1.165, 1.54) is 12.4 Å². The summed E-state index contributed by atoms with van der Waals surface area (Å²) >= 11 is 0. The molecule has 1 saturated heterocycles. The number of benzene rings is 2. The third-order valence-corrected chi connectivity index (χ3v) is 5.08. The van der Waals surface area contributed by atoms with Crippen LogP contribution in [0.2, 0.25) is 0 Å². The molecule has 4 rings (SSSR count). The van der Waals surface area contributed by atoms with Crippen molar-refractivity contribution in [3.63, 3.8) is 0 Å². The first kappa shape index (κ1) is 23.9. The number of anilines is 2. The summed E-state index contributed by atoms with van der Waals surface area (Å²) in [7, 11) is 1.57. The van der Waals surface area contributed by atoms with Gasteiger partial charge in [-0.2, -0.15) is 0 Å². The highest BCUT2D eigenvalue weighted by Crippen LogP contribution is 2.35. The maximum atomic E-state index is 13.6. The van der Waals surface area contributed by atoms with Gasteiger partial charge in [0.1, 0.15) is 12.1 Å². The van der Waals surface area contributed by atoms with Crippen LogP contribution in [0.3, 0.4) is 0 Å². The molecular weight excluding hydrogens is 442 g/mol. The predicted molar refractivity (Wildman–Crippen MR) is 120 cm³/mol. The van der Waals surface area contributed by atoms with Crippen molar-refractivity contribution in [2.24, 2.45) is 0 Å². The molecule has 2 heterocycles. The molecule has 1 fully saturated rings. The lowest BCUT2D eigenvalue weighted by Gasteiger charge is -2.26. The van der Waals surface area contributed by atoms with Gasteiger partial charge in [-0.1, -0.05) is 0 Å². The Labute approximate surface area is 191 Å². The standard InChI is InChI=1S/C22H24F2N4O3.ClH/c1-29-20-13-19-16(12-21(20)31-8-2-5-28-6-9-30-10-7-28)22(26-14-25-19)27-15-3-4-17(23)18(24)11-15;/h3-4,11-14H,2,5-10H2,1H3,(H,25,26,27);1H. The molecule has 0 spiro atoms. The highest BCUT2D eigenvalue weighted by Gasteiger charge is 2.14. The van der Waals surface area contributed by atoms with Gasteiger partial charge >= 0.3 is 0 Å². The molecule has 7 nitrogen and oxygen atoms in total. The van der Waals surface area contributed by atoms with E-state index in [1.54, 1.807) is 19.2 Å². The van der Waals surface area contributed by atoms with E-state index in [0.29, 0.717) is 40.5 Å². The Bertz CT molecular complexity index is 1050. The molecule has 1 aliphatic heterocycles. The van der Waals surface area contributed by atoms with E-state index in [2.05, 4.69) is 20.2 Å². The van der Waals surface area contributed by atoms with E-state index >= 15 is 0 Å². The highest BCUT2D eigenvalue weighted by molar-refractivity contribution is 5.93. The average Bonchev–Trinajstić information content (AvgIpc) is 2.79. The largest absolute Gasteiger partial charge is 0.493 e. The number of nitrogens with one attached hydrogen (secondary N) is 1. The minimum absolute atomic E-state index is 0. The van der Waals surface area contributed by atoms with Crippen LogP contribution in [0.25, 0.3) is 10.9 Å². The van der Waals surface area contributed by atoms with Crippen molar-refractivity contribution in [3.8, 4) is 11.5 Å². The molecule has 10 heteroatoms. The highest BCUT2D eigenvalue weighted by atomic mass is 35.5. The molecule has 0 amide bonds. The molecule has 0 saturated carbocycles. The third kappa shape index (κ3) is 5.73. The molecule has 1 N–H and O–H groups in total. The predicted octanol–water partition coefficient (Wildman–Crippen LogP) is 4.18. The van der Waals surface area contributed by atoms with Crippen molar-refractivity contribution in [3.05, 3.63) is 48.3 Å². The van der Waals surface area contributed by atoms with Crippen molar-refractivity contribution in [1.29, 1.82) is 0 Å². The van der Waals surface area contributed by atoms with Gasteiger partial charge in [-0.15, -0.1) is 12.4 Å². The van der Waals surface area contributed by atoms with E-state index in [4.69, 9.17) is 14.2 Å². The monoisotopic (exact) mass is 466 g/mol. The number of fused-ring (bicyclic) bond motifs is 1. The van der Waals surface area contributed by atoms with E-state index in [1.807, 2.05) is 0 Å². The quantitative estimate of drug-likeness (QED) is 0.499. The molecule has 32 heavy (non-hydrogen) atoms. The zero-order valence-corrected chi connectivity index (χ0v) is 18.5. The van der Waals surface area contributed by atoms with Crippen LogP contribution in [-0.2, 0) is 4.74 Å². The summed E-state index contributed by atoms with van der Waals surface area (Å²) in [6.45, 7) is 4.88. The van der Waals surface area contributed by atoms with Crippen LogP contribution in [0.4, 0.5) is 20.3 Å². The number of hydrogen-bond donors (Lipinski definition) is 1. The first-order valence-corrected chi connectivity index (χ1v) is 10.1. The smallest absolute Gasteiger partial charge is 0.162 e. The zero-order chi connectivity index (χ0) is 21.6. The fourth-order valence-corrected chi connectivity index (χ4v) is 3.44. The Kier molecular flexibility index (Phi) is 8.38. The number of methoxy groups -OCH3 is 1. The summed E-state index contributed by atoms with van der Waals surface area (Å²) in [6, 6.07) is 7.15. The lowest BCUT2D eigenvalue weighted by atomic mass is 10.2. The molecule has 2 aromatic carbocycles. The zero-order valence-electron chi connectivity index (χ0n) is 17.6. The minimum atomic E-state index is -0.936. The fraction of sp³-hybridized carbons (Fsp3) is 0.364. The van der Waals surface area contributed by atoms with E-state index < -0.39 is 11.6 Å². The molecule has 1 aliphatic rings. The van der Waals surface area contributed by atoms with Crippen LogP contribution in [0.5, 0.6) is 11.5 Å². The van der Waals surface area contributed by atoms with E-state index in [-0.39, 0.29) is 12.4 Å². The summed E-state index contributed by atoms with van der Waals surface area (Å²) in [5.74, 6) is -0.252. The lowest BCUT2D eigenvalue weighted by Crippen LogP contribution is -2.37. The minimum Gasteiger partial charge on any atom is -0.493 e. The Morgan fingerprint density at radius 1 is 1.06 bits per heavy atom. The van der Waals surface area contributed by atoms with E-state index in [0.717, 1.165) is 51.4 Å². The summed E-state index contributed by atoms with van der Waals surface area (Å²) in [6.07, 6.45) is 2.26. The van der Waals surface area contributed by atoms with Crippen LogP contribution < -0.4 is 14.8 Å². The third-order valence-electron chi connectivity index (χ3n) is 5.08. The summed E-state index contributed by atoms with van der Waals surface area (Å²) < 4.78 is 43.6. The van der Waals surface area contributed by atoms with Crippen LogP contribution in [0.15, 0.2) is 36.7 Å². The SMILES string of the molecule is COc1cc2ncnc(Nc3ccc(F)c(F)c3)c2cc1OCCCN1CCOCC1.Cl. The molecule has 1 aromatic heterocycles. The molecule has 172 valence electrons. The second kappa shape index (κ2) is 11.2. The van der Waals surface area contributed by atoms with Crippen molar-refractivity contribution in [2.45, 2.75) is 6.42 Å². The van der Waals surface area contributed by atoms with E-state index in [9.17, 15) is 8.78 Å². The number of morpholine rings is 1. The van der Waals surface area contributed by atoms with Crippen LogP contribution in [-0.4, -0.2) is 61.4 Å². The van der Waals surface area contributed by atoms with Gasteiger partial charge in [-0.05, 0) is 24.6 Å². The number of halogens is 3. The summed E-state index contributed by atoms with van der Waals surface area (Å²) in [4.78, 5) is 10.9. The van der Waals surface area contributed by atoms with Crippen molar-refractivity contribution in [2.75, 3.05) is 51.9 Å². The normalized spacial score (nSPS) is 14.1. The molecule has 0 radical (unpaired) electrons. The maximum Gasteiger partial charge on any atom is 0.162 e. The van der Waals surface area contributed by atoms with Gasteiger partial charge in [-0.25, -0.2) is 18.7 Å². The van der Waals surface area contributed by atoms with Gasteiger partial charge in [-0.3, -0.25) is 4.90 Å². The van der Waals surface area contributed by atoms with Gasteiger partial charge in [0, 0.05) is 42.8 Å². The average molecular weight is 467 g/mol. The van der Waals surface area contributed by atoms with Crippen LogP contribution in [0.1, 0.15) is 6.42 Å². The molecule has 3 aromatic rings. The molecule has 0 atom stereocenters. The second-order valence-electron chi connectivity index (χ2n) is 7.15. The first-order chi connectivity index (χ1) is 15.1. The Morgan fingerprint density at radius 3 is 2.62 bits per heavy atom. The van der Waals surface area contributed by atoms with Gasteiger partial charge in [0.15, 0.2) is 23.1 Å². The molecular formula is C22H25ClF2N4O3. The van der Waals surface area contributed by atoms with Crippen molar-refractivity contribution < 1.29 is 23.0 Å². The number of nitrogens with zero attached hydrogens (tertiary/aromatic N) is 3. The van der Waals surface area contributed by atoms with Crippen molar-refractivity contribution >= 4 is 34.8 Å². The lowest BCUT2D eigenvalue weighted by molar-refractivity contribution is 0.0357. The van der Waals surface area contributed by atoms with Gasteiger partial charge in [0.05, 0.1) is 32.4 Å². The van der Waals surface area contributed by atoms with Gasteiger partial charge < -0.3 is 19.5 Å². The summed E-state index contributed by atoms with van der Waals surface area (Å²) in [5, 5.41) is 3.69. The molecule has 0 aliphatic carbocycles. The summed E-state index contributed by atoms with van der Waals surface area (Å²) in [5.41, 5.74) is 1.01. The Hall–Kier alpha value is -2.75. The number of rotatable bonds is 8. The van der Waals surface area contributed by atoms with Gasteiger partial charge in [0.25, 0.3) is 0 Å². The topological polar surface area (TPSA) is 68.7 Å². The van der Waals surface area contributed by atoms with Crippen molar-refractivity contribution in [1.82, 2.24) is 14.9 Å². The number of hydrogen-bond acceptors (Lipinski definition) is 7.